The standard InChI is InChI=1S/C23H27N3O3/c1-18-17-19(2)26(25-18)14-8-13-24-23(27)21-11-6-7-12-22(21)29-16-15-28-20-9-4-3-5-10-20/h3-7,9-12,17H,8,13-16H2,1-2H3,(H,24,27). The molecule has 0 unspecified atom stereocenters. The zero-order valence-electron chi connectivity index (χ0n) is 16.9. The number of carbonyl (C=O) groups is 1. The van der Waals surface area contributed by atoms with E-state index in [4.69, 9.17) is 9.47 Å². The van der Waals surface area contributed by atoms with Crippen LogP contribution in [0.2, 0.25) is 0 Å². The van der Waals surface area contributed by atoms with Crippen LogP contribution in [0, 0.1) is 13.8 Å². The smallest absolute Gasteiger partial charge is 0.255 e. The molecule has 3 rings (SSSR count). The van der Waals surface area contributed by atoms with Crippen molar-refractivity contribution in [2.45, 2.75) is 26.8 Å². The Kier molecular flexibility index (Phi) is 7.28. The first-order valence-electron chi connectivity index (χ1n) is 9.82. The number of benzene rings is 2. The van der Waals surface area contributed by atoms with Crippen molar-refractivity contribution in [3.63, 3.8) is 0 Å². The predicted molar refractivity (Wildman–Crippen MR) is 113 cm³/mol. The minimum Gasteiger partial charge on any atom is -0.490 e. The average Bonchev–Trinajstić information content (AvgIpc) is 3.06. The Hall–Kier alpha value is -3.28. The summed E-state index contributed by atoms with van der Waals surface area (Å²) in [5.74, 6) is 1.21. The Balaban J connectivity index is 1.44. The molecule has 2 aromatic carbocycles. The van der Waals surface area contributed by atoms with Gasteiger partial charge in [0.05, 0.1) is 11.3 Å². The van der Waals surface area contributed by atoms with Gasteiger partial charge in [-0.3, -0.25) is 9.48 Å². The second-order valence-corrected chi connectivity index (χ2v) is 6.77. The fraction of sp³-hybridized carbons (Fsp3) is 0.304. The number of nitrogens with one attached hydrogen (secondary N) is 1. The highest BCUT2D eigenvalue weighted by atomic mass is 16.5. The highest BCUT2D eigenvalue weighted by molar-refractivity contribution is 5.96. The number of aryl methyl sites for hydroxylation is 3. The van der Waals surface area contributed by atoms with Crippen LogP contribution in [0.15, 0.2) is 60.7 Å². The van der Waals surface area contributed by atoms with Gasteiger partial charge in [0.2, 0.25) is 0 Å². The lowest BCUT2D eigenvalue weighted by Crippen LogP contribution is -2.26. The molecule has 6 heteroatoms. The van der Waals surface area contributed by atoms with Crippen LogP contribution in [0.1, 0.15) is 28.2 Å². The summed E-state index contributed by atoms with van der Waals surface area (Å²) in [6, 6.07) is 18.9. The molecule has 0 aliphatic carbocycles. The van der Waals surface area contributed by atoms with Crippen molar-refractivity contribution in [1.29, 1.82) is 0 Å². The van der Waals surface area contributed by atoms with Gasteiger partial charge in [-0.2, -0.15) is 5.10 Å². The molecule has 3 aromatic rings. The van der Waals surface area contributed by atoms with Gasteiger partial charge in [-0.05, 0) is 50.6 Å². The number of ether oxygens (including phenoxy) is 2. The number of para-hydroxylation sites is 2. The van der Waals surface area contributed by atoms with Crippen molar-refractivity contribution in [3.05, 3.63) is 77.6 Å². The Morgan fingerprint density at radius 3 is 2.48 bits per heavy atom. The molecule has 0 atom stereocenters. The van der Waals surface area contributed by atoms with Crippen molar-refractivity contribution in [2.75, 3.05) is 19.8 Å². The molecule has 0 bridgehead atoms. The molecular weight excluding hydrogens is 366 g/mol. The lowest BCUT2D eigenvalue weighted by atomic mass is 10.2. The Labute approximate surface area is 171 Å². The van der Waals surface area contributed by atoms with Gasteiger partial charge in [-0.25, -0.2) is 0 Å². The van der Waals surface area contributed by atoms with Crippen LogP contribution in [0.3, 0.4) is 0 Å². The van der Waals surface area contributed by atoms with Crippen molar-refractivity contribution in [3.8, 4) is 11.5 Å². The summed E-state index contributed by atoms with van der Waals surface area (Å²) >= 11 is 0. The van der Waals surface area contributed by atoms with Crippen molar-refractivity contribution >= 4 is 5.91 Å². The highest BCUT2D eigenvalue weighted by Crippen LogP contribution is 2.18. The van der Waals surface area contributed by atoms with E-state index in [1.165, 1.54) is 0 Å². The summed E-state index contributed by atoms with van der Waals surface area (Å²) in [6.45, 7) is 6.12. The summed E-state index contributed by atoms with van der Waals surface area (Å²) in [5.41, 5.74) is 2.66. The Bertz CT molecular complexity index is 922. The second-order valence-electron chi connectivity index (χ2n) is 6.77. The van der Waals surface area contributed by atoms with E-state index in [2.05, 4.69) is 10.4 Å². The molecule has 0 aliphatic rings. The van der Waals surface area contributed by atoms with Crippen LogP contribution in [-0.4, -0.2) is 35.4 Å². The van der Waals surface area contributed by atoms with Crippen molar-refractivity contribution in [1.82, 2.24) is 15.1 Å². The van der Waals surface area contributed by atoms with Gasteiger partial charge < -0.3 is 14.8 Å². The minimum atomic E-state index is -0.141. The van der Waals surface area contributed by atoms with Crippen LogP contribution >= 0.6 is 0 Å². The van der Waals surface area contributed by atoms with Gasteiger partial charge in [-0.15, -0.1) is 0 Å². The monoisotopic (exact) mass is 393 g/mol. The van der Waals surface area contributed by atoms with Gasteiger partial charge in [0, 0.05) is 18.8 Å². The summed E-state index contributed by atoms with van der Waals surface area (Å²) < 4.78 is 13.4. The van der Waals surface area contributed by atoms with Crippen LogP contribution in [0.4, 0.5) is 0 Å². The first-order chi connectivity index (χ1) is 14.1. The third-order valence-electron chi connectivity index (χ3n) is 4.42. The topological polar surface area (TPSA) is 65.4 Å². The molecule has 0 radical (unpaired) electrons. The van der Waals surface area contributed by atoms with Crippen LogP contribution in [-0.2, 0) is 6.54 Å². The molecule has 152 valence electrons. The number of aromatic nitrogens is 2. The number of rotatable bonds is 10. The number of hydrogen-bond acceptors (Lipinski definition) is 4. The van der Waals surface area contributed by atoms with Gasteiger partial charge in [0.15, 0.2) is 0 Å². The minimum absolute atomic E-state index is 0.141. The molecule has 1 aromatic heterocycles. The Morgan fingerprint density at radius 1 is 1.00 bits per heavy atom. The molecule has 6 nitrogen and oxygen atoms in total. The lowest BCUT2D eigenvalue weighted by molar-refractivity contribution is 0.0947. The molecule has 0 aliphatic heterocycles. The fourth-order valence-corrected chi connectivity index (χ4v) is 3.04. The third-order valence-corrected chi connectivity index (χ3v) is 4.42. The average molecular weight is 393 g/mol. The number of nitrogens with zero attached hydrogens (tertiary/aromatic N) is 2. The number of hydrogen-bond donors (Lipinski definition) is 1. The first kappa shape index (κ1) is 20.5. The van der Waals surface area contributed by atoms with Crippen LogP contribution in [0.25, 0.3) is 0 Å². The van der Waals surface area contributed by atoms with Gasteiger partial charge in [-0.1, -0.05) is 30.3 Å². The van der Waals surface area contributed by atoms with E-state index >= 15 is 0 Å². The molecule has 0 saturated heterocycles. The van der Waals surface area contributed by atoms with E-state index in [1.54, 1.807) is 12.1 Å². The maximum atomic E-state index is 12.6. The summed E-state index contributed by atoms with van der Waals surface area (Å²) in [7, 11) is 0. The van der Waals surface area contributed by atoms with Gasteiger partial charge in [0.25, 0.3) is 5.91 Å². The summed E-state index contributed by atoms with van der Waals surface area (Å²) in [5, 5.41) is 7.40. The molecule has 0 spiro atoms. The van der Waals surface area contributed by atoms with Gasteiger partial charge >= 0.3 is 0 Å². The molecule has 1 heterocycles. The zero-order chi connectivity index (χ0) is 20.5. The molecule has 1 N–H and O–H groups in total. The van der Waals surface area contributed by atoms with Crippen LogP contribution < -0.4 is 14.8 Å². The van der Waals surface area contributed by atoms with E-state index in [-0.39, 0.29) is 5.91 Å². The summed E-state index contributed by atoms with van der Waals surface area (Å²) in [4.78, 5) is 12.6. The number of amides is 1. The van der Waals surface area contributed by atoms with Crippen molar-refractivity contribution in [2.24, 2.45) is 0 Å². The maximum Gasteiger partial charge on any atom is 0.255 e. The first-order valence-corrected chi connectivity index (χ1v) is 9.82. The molecular formula is C23H27N3O3. The third kappa shape index (κ3) is 6.10. The SMILES string of the molecule is Cc1cc(C)n(CCCNC(=O)c2ccccc2OCCOc2ccccc2)n1. The van der Waals surface area contributed by atoms with Gasteiger partial charge in [0.1, 0.15) is 24.7 Å². The second kappa shape index (κ2) is 10.3. The quantitative estimate of drug-likeness (QED) is 0.533. The highest BCUT2D eigenvalue weighted by Gasteiger charge is 2.11. The van der Waals surface area contributed by atoms with E-state index in [0.717, 1.165) is 30.1 Å². The number of carbonyl (C=O) groups excluding carboxylic acids is 1. The predicted octanol–water partition coefficient (Wildman–Crippen LogP) is 3.78. The normalized spacial score (nSPS) is 10.6. The van der Waals surface area contributed by atoms with E-state index < -0.39 is 0 Å². The maximum absolute atomic E-state index is 12.6. The zero-order valence-corrected chi connectivity index (χ0v) is 16.9. The largest absolute Gasteiger partial charge is 0.490 e. The lowest BCUT2D eigenvalue weighted by Gasteiger charge is -2.12. The molecule has 0 fully saturated rings. The van der Waals surface area contributed by atoms with Crippen molar-refractivity contribution < 1.29 is 14.3 Å². The molecule has 29 heavy (non-hydrogen) atoms. The summed E-state index contributed by atoms with van der Waals surface area (Å²) in [6.07, 6.45) is 0.807. The van der Waals surface area contributed by atoms with E-state index in [0.29, 0.717) is 31.1 Å². The van der Waals surface area contributed by atoms with Crippen LogP contribution in [0.5, 0.6) is 11.5 Å². The molecule has 0 saturated carbocycles. The van der Waals surface area contributed by atoms with E-state index in [9.17, 15) is 4.79 Å². The van der Waals surface area contributed by atoms with E-state index in [1.807, 2.05) is 67.1 Å². The fourth-order valence-electron chi connectivity index (χ4n) is 3.04. The molecule has 1 amide bonds. The Morgan fingerprint density at radius 2 is 1.72 bits per heavy atom.